The summed E-state index contributed by atoms with van der Waals surface area (Å²) in [6.45, 7) is 3.95. The number of hydrogen-bond donors (Lipinski definition) is 0. The average molecular weight is 266 g/mol. The summed E-state index contributed by atoms with van der Waals surface area (Å²) in [4.78, 5) is 7.78. The van der Waals surface area contributed by atoms with Gasteiger partial charge in [0.2, 0.25) is 5.01 Å². The topological polar surface area (TPSA) is 32.3 Å². The summed E-state index contributed by atoms with van der Waals surface area (Å²) in [5.74, 6) is 0.270. The van der Waals surface area contributed by atoms with Crippen molar-refractivity contribution in [3.63, 3.8) is 0 Å². The summed E-state index contributed by atoms with van der Waals surface area (Å²) in [5, 5.41) is -0.860. The highest BCUT2D eigenvalue weighted by Crippen LogP contribution is 2.30. The number of halogens is 3. The van der Waals surface area contributed by atoms with Crippen LogP contribution in [0.1, 0.15) is 10.8 Å². The summed E-state index contributed by atoms with van der Waals surface area (Å²) in [5.41, 5.74) is 0. The van der Waals surface area contributed by atoms with Gasteiger partial charge in [0.1, 0.15) is 0 Å². The van der Waals surface area contributed by atoms with Gasteiger partial charge in [-0.1, -0.05) is 0 Å². The summed E-state index contributed by atoms with van der Waals surface area (Å²) < 4.78 is 40.7. The molecule has 1 aromatic heterocycles. The zero-order valence-electron chi connectivity index (χ0n) is 9.37. The lowest BCUT2D eigenvalue weighted by molar-refractivity contribution is -0.137. The molecule has 0 N–H and O–H groups in total. The first-order chi connectivity index (χ1) is 7.95. The second kappa shape index (κ2) is 4.87. The zero-order chi connectivity index (χ0) is 12.5. The largest absolute Gasteiger partial charge is 0.444 e. The lowest BCUT2D eigenvalue weighted by atomic mass is 10.3. The van der Waals surface area contributed by atoms with Crippen molar-refractivity contribution in [1.82, 2.24) is 19.2 Å². The van der Waals surface area contributed by atoms with Gasteiger partial charge in [-0.25, -0.2) is 4.98 Å². The van der Waals surface area contributed by atoms with Gasteiger partial charge < -0.3 is 4.90 Å². The summed E-state index contributed by atoms with van der Waals surface area (Å²) in [6, 6.07) is 0. The maximum Gasteiger partial charge on any atom is 0.444 e. The number of hydrogen-bond acceptors (Lipinski definition) is 5. The molecule has 1 saturated heterocycles. The molecule has 0 unspecified atom stereocenters. The Hall–Kier alpha value is -0.730. The highest BCUT2D eigenvalue weighted by atomic mass is 32.1. The van der Waals surface area contributed by atoms with Gasteiger partial charge in [0.15, 0.2) is 5.82 Å². The smallest absolute Gasteiger partial charge is 0.304 e. The Kier molecular flexibility index (Phi) is 3.64. The van der Waals surface area contributed by atoms with E-state index in [0.29, 0.717) is 18.1 Å². The van der Waals surface area contributed by atoms with Crippen molar-refractivity contribution in [2.75, 3.05) is 33.2 Å². The zero-order valence-corrected chi connectivity index (χ0v) is 10.2. The standard InChI is InChI=1S/C9H13F3N4S/c1-15-2-4-16(5-3-15)6-7-13-8(17-14-7)9(10,11)12/h2-6H2,1H3. The van der Waals surface area contributed by atoms with Crippen molar-refractivity contribution in [2.24, 2.45) is 0 Å². The first-order valence-corrected chi connectivity index (χ1v) is 6.03. The Balaban J connectivity index is 1.93. The fourth-order valence-corrected chi connectivity index (χ4v) is 2.18. The van der Waals surface area contributed by atoms with Gasteiger partial charge >= 0.3 is 6.18 Å². The normalized spacial score (nSPS) is 19.8. The fourth-order valence-electron chi connectivity index (χ4n) is 1.64. The van der Waals surface area contributed by atoms with E-state index in [9.17, 15) is 13.2 Å². The van der Waals surface area contributed by atoms with Crippen molar-refractivity contribution in [3.8, 4) is 0 Å². The van der Waals surface area contributed by atoms with Crippen LogP contribution in [0.15, 0.2) is 0 Å². The maximum absolute atomic E-state index is 12.3. The third kappa shape index (κ3) is 3.36. The van der Waals surface area contributed by atoms with E-state index in [0.717, 1.165) is 26.2 Å². The lowest BCUT2D eigenvalue weighted by Gasteiger charge is -2.31. The van der Waals surface area contributed by atoms with E-state index in [4.69, 9.17) is 0 Å². The van der Waals surface area contributed by atoms with E-state index in [-0.39, 0.29) is 5.82 Å². The predicted molar refractivity (Wildman–Crippen MR) is 57.7 cm³/mol. The van der Waals surface area contributed by atoms with Crippen LogP contribution in [0.5, 0.6) is 0 Å². The van der Waals surface area contributed by atoms with E-state index in [2.05, 4.69) is 19.2 Å². The molecule has 0 saturated carbocycles. The summed E-state index contributed by atoms with van der Waals surface area (Å²) in [6.07, 6.45) is -4.38. The maximum atomic E-state index is 12.3. The van der Waals surface area contributed by atoms with Crippen molar-refractivity contribution in [3.05, 3.63) is 10.8 Å². The van der Waals surface area contributed by atoms with Crippen molar-refractivity contribution in [2.45, 2.75) is 12.7 Å². The summed E-state index contributed by atoms with van der Waals surface area (Å²) >= 11 is 0.422. The van der Waals surface area contributed by atoms with Crippen LogP contribution in [0.4, 0.5) is 13.2 Å². The molecule has 0 radical (unpaired) electrons. The Morgan fingerprint density at radius 2 is 1.88 bits per heavy atom. The molecule has 0 amide bonds. The molecule has 1 aromatic rings. The number of rotatable bonds is 2. The van der Waals surface area contributed by atoms with Crippen molar-refractivity contribution in [1.29, 1.82) is 0 Å². The third-order valence-corrected chi connectivity index (χ3v) is 3.47. The first-order valence-electron chi connectivity index (χ1n) is 5.26. The lowest BCUT2D eigenvalue weighted by Crippen LogP contribution is -2.44. The molecule has 17 heavy (non-hydrogen) atoms. The van der Waals surface area contributed by atoms with Gasteiger partial charge in [-0.2, -0.15) is 17.5 Å². The van der Waals surface area contributed by atoms with Gasteiger partial charge in [-0.15, -0.1) is 0 Å². The average Bonchev–Trinajstić information content (AvgIpc) is 2.69. The highest BCUT2D eigenvalue weighted by Gasteiger charge is 2.35. The number of likely N-dealkylation sites (N-methyl/N-ethyl adjacent to an activating group) is 1. The van der Waals surface area contributed by atoms with E-state index in [1.54, 1.807) is 0 Å². The molecule has 0 aliphatic carbocycles. The Morgan fingerprint density at radius 1 is 1.24 bits per heavy atom. The molecule has 0 aromatic carbocycles. The Morgan fingerprint density at radius 3 is 2.41 bits per heavy atom. The Bertz CT molecular complexity index is 371. The second-order valence-electron chi connectivity index (χ2n) is 4.09. The van der Waals surface area contributed by atoms with Crippen LogP contribution in [0, 0.1) is 0 Å². The number of alkyl halides is 3. The van der Waals surface area contributed by atoms with Gasteiger partial charge in [0.25, 0.3) is 0 Å². The van der Waals surface area contributed by atoms with Gasteiger partial charge in [-0.3, -0.25) is 4.90 Å². The number of nitrogens with zero attached hydrogens (tertiary/aromatic N) is 4. The van der Waals surface area contributed by atoms with Crippen LogP contribution in [0.2, 0.25) is 0 Å². The SMILES string of the molecule is CN1CCN(Cc2nsc(C(F)(F)F)n2)CC1. The van der Waals surface area contributed by atoms with Gasteiger partial charge in [0, 0.05) is 26.2 Å². The van der Waals surface area contributed by atoms with Crippen LogP contribution < -0.4 is 0 Å². The molecule has 0 atom stereocenters. The predicted octanol–water partition coefficient (Wildman–Crippen LogP) is 1.30. The number of piperazine rings is 1. The van der Waals surface area contributed by atoms with Crippen molar-refractivity contribution < 1.29 is 13.2 Å². The van der Waals surface area contributed by atoms with Gasteiger partial charge in [0.05, 0.1) is 6.54 Å². The van der Waals surface area contributed by atoms with E-state index >= 15 is 0 Å². The minimum Gasteiger partial charge on any atom is -0.304 e. The molecule has 0 bridgehead atoms. The molecule has 4 nitrogen and oxygen atoms in total. The fraction of sp³-hybridized carbons (Fsp3) is 0.778. The van der Waals surface area contributed by atoms with E-state index < -0.39 is 11.2 Å². The molecule has 2 rings (SSSR count). The first kappa shape index (κ1) is 12.7. The molecular formula is C9H13F3N4S. The Labute approximate surface area is 101 Å². The van der Waals surface area contributed by atoms with Crippen LogP contribution >= 0.6 is 11.5 Å². The highest BCUT2D eigenvalue weighted by molar-refractivity contribution is 7.05. The van der Waals surface area contributed by atoms with E-state index in [1.807, 2.05) is 7.05 Å². The van der Waals surface area contributed by atoms with Crippen LogP contribution in [-0.4, -0.2) is 52.4 Å². The molecule has 1 fully saturated rings. The molecule has 1 aliphatic rings. The quantitative estimate of drug-likeness (QED) is 0.808. The third-order valence-electron chi connectivity index (χ3n) is 2.67. The molecule has 96 valence electrons. The monoisotopic (exact) mass is 266 g/mol. The summed E-state index contributed by atoms with van der Waals surface area (Å²) in [7, 11) is 2.03. The van der Waals surface area contributed by atoms with Crippen LogP contribution in [0.3, 0.4) is 0 Å². The molecule has 8 heteroatoms. The minimum absolute atomic E-state index is 0.270. The van der Waals surface area contributed by atoms with Crippen molar-refractivity contribution >= 4 is 11.5 Å². The van der Waals surface area contributed by atoms with Crippen LogP contribution in [-0.2, 0) is 12.7 Å². The van der Waals surface area contributed by atoms with E-state index in [1.165, 1.54) is 0 Å². The molecule has 0 spiro atoms. The molecular weight excluding hydrogens is 253 g/mol. The molecule has 1 aliphatic heterocycles. The van der Waals surface area contributed by atoms with Crippen LogP contribution in [0.25, 0.3) is 0 Å². The molecule has 2 heterocycles. The van der Waals surface area contributed by atoms with Gasteiger partial charge in [-0.05, 0) is 18.6 Å². The second-order valence-corrected chi connectivity index (χ2v) is 4.84. The number of aromatic nitrogens is 2. The minimum atomic E-state index is -4.38.